The molecule has 0 radical (unpaired) electrons. The number of aryl methyl sites for hydroxylation is 1. The third-order valence-electron chi connectivity index (χ3n) is 5.04. The first-order valence-corrected chi connectivity index (χ1v) is 8.46. The number of hydrogen-bond donors (Lipinski definition) is 0. The van der Waals surface area contributed by atoms with Gasteiger partial charge in [-0.05, 0) is 24.6 Å². The van der Waals surface area contributed by atoms with Gasteiger partial charge < -0.3 is 9.64 Å². The summed E-state index contributed by atoms with van der Waals surface area (Å²) in [4.78, 5) is 29.2. The van der Waals surface area contributed by atoms with Crippen molar-refractivity contribution in [3.05, 3.63) is 48.2 Å². The van der Waals surface area contributed by atoms with Crippen molar-refractivity contribution in [1.82, 2.24) is 24.8 Å². The van der Waals surface area contributed by atoms with Crippen LogP contribution in [0.5, 0.6) is 5.88 Å². The molecule has 2 aliphatic heterocycles. The van der Waals surface area contributed by atoms with Crippen LogP contribution in [0.25, 0.3) is 0 Å². The highest BCUT2D eigenvalue weighted by atomic mass is 16.5. The van der Waals surface area contributed by atoms with Crippen molar-refractivity contribution < 1.29 is 9.53 Å². The van der Waals surface area contributed by atoms with Crippen molar-refractivity contribution in [2.75, 3.05) is 20.1 Å². The predicted molar refractivity (Wildman–Crippen MR) is 90.7 cm³/mol. The normalized spacial score (nSPS) is 26.1. The predicted octanol–water partition coefficient (Wildman–Crippen LogP) is 0.900. The van der Waals surface area contributed by atoms with Gasteiger partial charge in [0, 0.05) is 57.3 Å². The van der Waals surface area contributed by atoms with Gasteiger partial charge in [-0.1, -0.05) is 0 Å². The molecule has 0 unspecified atom stereocenters. The van der Waals surface area contributed by atoms with E-state index >= 15 is 0 Å². The second kappa shape index (κ2) is 6.40. The molecule has 1 amide bonds. The molecular weight excluding hydrogens is 318 g/mol. The van der Waals surface area contributed by atoms with E-state index < -0.39 is 6.10 Å². The maximum absolute atomic E-state index is 12.6. The van der Waals surface area contributed by atoms with Crippen LogP contribution < -0.4 is 4.74 Å². The molecule has 2 aliphatic rings. The summed E-state index contributed by atoms with van der Waals surface area (Å²) in [6.45, 7) is 4.36. The number of rotatable bonds is 4. The zero-order valence-electron chi connectivity index (χ0n) is 14.4. The Labute approximate surface area is 146 Å². The van der Waals surface area contributed by atoms with Crippen LogP contribution in [0.2, 0.25) is 0 Å². The maximum Gasteiger partial charge on any atom is 0.264 e. The van der Waals surface area contributed by atoms with E-state index in [0.29, 0.717) is 11.7 Å². The van der Waals surface area contributed by atoms with Gasteiger partial charge >= 0.3 is 0 Å². The monoisotopic (exact) mass is 339 g/mol. The number of likely N-dealkylation sites (N-methyl/N-ethyl adjacent to an activating group) is 1. The third-order valence-corrected chi connectivity index (χ3v) is 5.04. The molecule has 2 aromatic heterocycles. The molecule has 0 bridgehead atoms. The Morgan fingerprint density at radius 3 is 2.76 bits per heavy atom. The number of hydrogen-bond acceptors (Lipinski definition) is 6. The summed E-state index contributed by atoms with van der Waals surface area (Å²) < 4.78 is 5.97. The van der Waals surface area contributed by atoms with E-state index in [-0.39, 0.29) is 17.9 Å². The van der Waals surface area contributed by atoms with Crippen molar-refractivity contribution in [3.8, 4) is 5.88 Å². The number of ether oxygens (including phenoxy) is 1. The number of likely N-dealkylation sites (tertiary alicyclic amines) is 2. The van der Waals surface area contributed by atoms with Crippen molar-refractivity contribution in [2.24, 2.45) is 5.92 Å². The molecule has 2 fully saturated rings. The first-order valence-electron chi connectivity index (χ1n) is 8.46. The fourth-order valence-corrected chi connectivity index (χ4v) is 3.79. The molecular formula is C18H21N5O2. The molecule has 2 saturated heterocycles. The zero-order valence-corrected chi connectivity index (χ0v) is 14.4. The summed E-state index contributed by atoms with van der Waals surface area (Å²) in [5, 5.41) is 0. The van der Waals surface area contributed by atoms with Gasteiger partial charge in [0.1, 0.15) is 5.82 Å². The van der Waals surface area contributed by atoms with Crippen molar-refractivity contribution in [3.63, 3.8) is 0 Å². The highest BCUT2D eigenvalue weighted by Crippen LogP contribution is 2.34. The minimum atomic E-state index is -0.480. The molecule has 0 N–H and O–H groups in total. The van der Waals surface area contributed by atoms with Crippen LogP contribution >= 0.6 is 0 Å². The van der Waals surface area contributed by atoms with Gasteiger partial charge in [-0.2, -0.15) is 4.98 Å². The molecule has 0 aromatic carbocycles. The Balaban J connectivity index is 1.49. The van der Waals surface area contributed by atoms with E-state index in [1.807, 2.05) is 43.4 Å². The SMILES string of the molecule is Cc1nccc(O[C@@H]2C(=O)N(C)[C@@H]3CN(Cc4ccncc4)C[C@H]23)n1. The number of aromatic nitrogens is 3. The lowest BCUT2D eigenvalue weighted by molar-refractivity contribution is -0.134. The Morgan fingerprint density at radius 2 is 2.00 bits per heavy atom. The Kier molecular flexibility index (Phi) is 4.09. The summed E-state index contributed by atoms with van der Waals surface area (Å²) in [7, 11) is 1.87. The second-order valence-corrected chi connectivity index (χ2v) is 6.71. The van der Waals surface area contributed by atoms with Gasteiger partial charge in [-0.15, -0.1) is 0 Å². The smallest absolute Gasteiger partial charge is 0.264 e. The molecule has 7 heteroatoms. The molecule has 130 valence electrons. The molecule has 4 heterocycles. The van der Waals surface area contributed by atoms with Gasteiger partial charge in [-0.25, -0.2) is 4.98 Å². The average molecular weight is 339 g/mol. The van der Waals surface area contributed by atoms with Crippen LogP contribution in [0.3, 0.4) is 0 Å². The fraction of sp³-hybridized carbons (Fsp3) is 0.444. The second-order valence-electron chi connectivity index (χ2n) is 6.71. The van der Waals surface area contributed by atoms with E-state index in [1.54, 1.807) is 12.3 Å². The van der Waals surface area contributed by atoms with Crippen molar-refractivity contribution in [1.29, 1.82) is 0 Å². The van der Waals surface area contributed by atoms with E-state index in [9.17, 15) is 4.79 Å². The summed E-state index contributed by atoms with van der Waals surface area (Å²) in [6, 6.07) is 5.95. The van der Waals surface area contributed by atoms with Gasteiger partial charge in [0.05, 0.1) is 6.04 Å². The fourth-order valence-electron chi connectivity index (χ4n) is 3.79. The van der Waals surface area contributed by atoms with Gasteiger partial charge in [-0.3, -0.25) is 14.7 Å². The minimum absolute atomic E-state index is 0.0369. The van der Waals surface area contributed by atoms with E-state index in [0.717, 1.165) is 19.6 Å². The summed E-state index contributed by atoms with van der Waals surface area (Å²) in [6.07, 6.45) is 4.80. The number of fused-ring (bicyclic) bond motifs is 1. The molecule has 4 rings (SSSR count). The van der Waals surface area contributed by atoms with Crippen molar-refractivity contribution in [2.45, 2.75) is 25.6 Å². The number of amides is 1. The van der Waals surface area contributed by atoms with Crippen LogP contribution in [-0.2, 0) is 11.3 Å². The molecule has 3 atom stereocenters. The Bertz CT molecular complexity index is 769. The summed E-state index contributed by atoms with van der Waals surface area (Å²) in [5.41, 5.74) is 1.23. The Morgan fingerprint density at radius 1 is 1.20 bits per heavy atom. The van der Waals surface area contributed by atoms with E-state index in [4.69, 9.17) is 4.74 Å². The summed E-state index contributed by atoms with van der Waals surface area (Å²) in [5.74, 6) is 1.29. The first-order chi connectivity index (χ1) is 12.1. The lowest BCUT2D eigenvalue weighted by Crippen LogP contribution is -2.38. The van der Waals surface area contributed by atoms with Crippen LogP contribution in [0.15, 0.2) is 36.8 Å². The van der Waals surface area contributed by atoms with Gasteiger partial charge in [0.15, 0.2) is 6.10 Å². The number of nitrogens with zero attached hydrogens (tertiary/aromatic N) is 5. The quantitative estimate of drug-likeness (QED) is 0.824. The molecule has 25 heavy (non-hydrogen) atoms. The number of carbonyl (C=O) groups is 1. The highest BCUT2D eigenvalue weighted by molar-refractivity contribution is 5.84. The van der Waals surface area contributed by atoms with Crippen LogP contribution in [0.1, 0.15) is 11.4 Å². The topological polar surface area (TPSA) is 71.5 Å². The Hall–Kier alpha value is -2.54. The van der Waals surface area contributed by atoms with Crippen LogP contribution in [0.4, 0.5) is 0 Å². The molecule has 0 spiro atoms. The van der Waals surface area contributed by atoms with Crippen LogP contribution in [0, 0.1) is 12.8 Å². The molecule has 7 nitrogen and oxygen atoms in total. The van der Waals surface area contributed by atoms with Crippen LogP contribution in [-0.4, -0.2) is 62.9 Å². The maximum atomic E-state index is 12.6. The third kappa shape index (κ3) is 3.07. The lowest BCUT2D eigenvalue weighted by atomic mass is 10.0. The van der Waals surface area contributed by atoms with E-state index in [1.165, 1.54) is 5.56 Å². The van der Waals surface area contributed by atoms with E-state index in [2.05, 4.69) is 19.9 Å². The van der Waals surface area contributed by atoms with Gasteiger partial charge in [0.25, 0.3) is 5.91 Å². The summed E-state index contributed by atoms with van der Waals surface area (Å²) >= 11 is 0. The van der Waals surface area contributed by atoms with Crippen molar-refractivity contribution >= 4 is 5.91 Å². The zero-order chi connectivity index (χ0) is 17.4. The lowest BCUT2D eigenvalue weighted by Gasteiger charge is -2.22. The standard InChI is InChI=1S/C18H21N5O2/c1-12-20-8-5-16(21-12)25-17-14-10-23(9-13-3-6-19-7-4-13)11-15(14)22(2)18(17)24/h3-8,14-15,17H,9-11H2,1-2H3/t14-,15+,17-/m0/s1. The van der Waals surface area contributed by atoms with Gasteiger partial charge in [0.2, 0.25) is 5.88 Å². The first kappa shape index (κ1) is 16.0. The highest BCUT2D eigenvalue weighted by Gasteiger charge is 2.52. The largest absolute Gasteiger partial charge is 0.464 e. The molecule has 2 aromatic rings. The molecule has 0 aliphatic carbocycles. The number of pyridine rings is 1. The minimum Gasteiger partial charge on any atom is -0.464 e. The number of carbonyl (C=O) groups excluding carboxylic acids is 1. The molecule has 0 saturated carbocycles. The average Bonchev–Trinajstić information content (AvgIpc) is 3.10.